The van der Waals surface area contributed by atoms with Crippen molar-refractivity contribution in [3.05, 3.63) is 29.8 Å². The summed E-state index contributed by atoms with van der Waals surface area (Å²) >= 11 is 0. The zero-order valence-electron chi connectivity index (χ0n) is 13.8. The van der Waals surface area contributed by atoms with Gasteiger partial charge in [-0.2, -0.15) is 0 Å². The van der Waals surface area contributed by atoms with E-state index in [1.165, 1.54) is 0 Å². The van der Waals surface area contributed by atoms with Crippen LogP contribution in [0.5, 0.6) is 5.75 Å². The molecule has 1 aliphatic heterocycles. The van der Waals surface area contributed by atoms with Crippen molar-refractivity contribution in [3.8, 4) is 5.75 Å². The molecule has 0 saturated carbocycles. The van der Waals surface area contributed by atoms with Crippen molar-refractivity contribution in [2.24, 2.45) is 0 Å². The van der Waals surface area contributed by atoms with E-state index in [1.807, 2.05) is 43.0 Å². The van der Waals surface area contributed by atoms with Gasteiger partial charge in [-0.25, -0.2) is 0 Å². The van der Waals surface area contributed by atoms with Gasteiger partial charge in [0.1, 0.15) is 5.75 Å². The summed E-state index contributed by atoms with van der Waals surface area (Å²) in [6.45, 7) is 5.63. The van der Waals surface area contributed by atoms with Gasteiger partial charge in [0.2, 0.25) is 5.91 Å². The first kappa shape index (κ1) is 16.8. The summed E-state index contributed by atoms with van der Waals surface area (Å²) in [5, 5.41) is 0. The summed E-state index contributed by atoms with van der Waals surface area (Å²) in [5.41, 5.74) is 0.542. The van der Waals surface area contributed by atoms with E-state index < -0.39 is 0 Å². The van der Waals surface area contributed by atoms with Crippen molar-refractivity contribution in [2.75, 3.05) is 33.9 Å². The van der Waals surface area contributed by atoms with Crippen LogP contribution in [0.4, 0.5) is 0 Å². The molecule has 122 valence electrons. The fraction of sp³-hybridized carbons (Fsp3) is 0.588. The van der Waals surface area contributed by atoms with Gasteiger partial charge in [-0.3, -0.25) is 4.79 Å². The maximum Gasteiger partial charge on any atom is 0.227 e. The van der Waals surface area contributed by atoms with Crippen LogP contribution in [0.3, 0.4) is 0 Å². The molecule has 22 heavy (non-hydrogen) atoms. The number of hydrogen-bond donors (Lipinski definition) is 0. The average Bonchev–Trinajstić information content (AvgIpc) is 2.46. The largest absolute Gasteiger partial charge is 0.496 e. The molecule has 5 heteroatoms. The van der Waals surface area contributed by atoms with Gasteiger partial charge in [-0.05, 0) is 19.9 Å². The number of para-hydroxylation sites is 1. The van der Waals surface area contributed by atoms with Gasteiger partial charge >= 0.3 is 0 Å². The van der Waals surface area contributed by atoms with Crippen LogP contribution in [0, 0.1) is 0 Å². The molecule has 1 saturated heterocycles. The quantitative estimate of drug-likeness (QED) is 0.833. The molecule has 0 N–H and O–H groups in total. The van der Waals surface area contributed by atoms with Crippen LogP contribution in [0.15, 0.2) is 24.3 Å². The third-order valence-corrected chi connectivity index (χ3v) is 3.72. The SMILES string of the molecule is COC[C@@H]1CN(C(=O)Cc2ccccc2OC)CC(C)(C)O1. The van der Waals surface area contributed by atoms with E-state index in [9.17, 15) is 4.79 Å². The summed E-state index contributed by atoms with van der Waals surface area (Å²) in [6, 6.07) is 7.62. The van der Waals surface area contributed by atoms with Crippen LogP contribution < -0.4 is 4.74 Å². The van der Waals surface area contributed by atoms with Crippen LogP contribution in [-0.4, -0.2) is 56.4 Å². The summed E-state index contributed by atoms with van der Waals surface area (Å²) in [6.07, 6.45) is 0.246. The Labute approximate surface area is 132 Å². The van der Waals surface area contributed by atoms with E-state index in [1.54, 1.807) is 14.2 Å². The van der Waals surface area contributed by atoms with Crippen LogP contribution in [0.1, 0.15) is 19.4 Å². The van der Waals surface area contributed by atoms with E-state index in [0.717, 1.165) is 11.3 Å². The Hall–Kier alpha value is -1.59. The Morgan fingerprint density at radius 3 is 2.77 bits per heavy atom. The number of carbonyl (C=O) groups excluding carboxylic acids is 1. The Bertz CT molecular complexity index is 515. The minimum Gasteiger partial charge on any atom is -0.496 e. The lowest BCUT2D eigenvalue weighted by molar-refractivity contribution is -0.168. The molecule has 1 aromatic rings. The maximum atomic E-state index is 12.6. The van der Waals surface area contributed by atoms with E-state index >= 15 is 0 Å². The first-order valence-corrected chi connectivity index (χ1v) is 7.51. The van der Waals surface area contributed by atoms with Crippen LogP contribution in [-0.2, 0) is 20.7 Å². The molecule has 0 radical (unpaired) electrons. The van der Waals surface area contributed by atoms with Gasteiger partial charge in [0.15, 0.2) is 0 Å². The summed E-state index contributed by atoms with van der Waals surface area (Å²) < 4.78 is 16.4. The van der Waals surface area contributed by atoms with E-state index in [4.69, 9.17) is 14.2 Å². The van der Waals surface area contributed by atoms with Gasteiger partial charge in [0.05, 0.1) is 31.8 Å². The van der Waals surface area contributed by atoms with Crippen LogP contribution in [0.2, 0.25) is 0 Å². The number of benzene rings is 1. The number of methoxy groups -OCH3 is 2. The molecule has 1 heterocycles. The van der Waals surface area contributed by atoms with Gasteiger partial charge in [-0.1, -0.05) is 18.2 Å². The second kappa shape index (κ2) is 7.11. The zero-order chi connectivity index (χ0) is 16.2. The molecular formula is C17H25NO4. The Balaban J connectivity index is 2.07. The smallest absolute Gasteiger partial charge is 0.227 e. The van der Waals surface area contributed by atoms with Crippen molar-refractivity contribution in [3.63, 3.8) is 0 Å². The lowest BCUT2D eigenvalue weighted by atomic mass is 10.0. The maximum absolute atomic E-state index is 12.6. The molecule has 0 unspecified atom stereocenters. The molecular weight excluding hydrogens is 282 g/mol. The molecule has 1 aliphatic rings. The Kier molecular flexibility index (Phi) is 5.42. The second-order valence-electron chi connectivity index (χ2n) is 6.22. The molecule has 0 bridgehead atoms. The number of ether oxygens (including phenoxy) is 3. The van der Waals surface area contributed by atoms with Gasteiger partial charge in [0.25, 0.3) is 0 Å². The lowest BCUT2D eigenvalue weighted by Gasteiger charge is -2.42. The number of morpholine rings is 1. The zero-order valence-corrected chi connectivity index (χ0v) is 13.8. The van der Waals surface area contributed by atoms with E-state index in [2.05, 4.69) is 0 Å². The minimum absolute atomic E-state index is 0.0852. The normalized spacial score (nSPS) is 20.7. The van der Waals surface area contributed by atoms with Crippen LogP contribution in [0.25, 0.3) is 0 Å². The highest BCUT2D eigenvalue weighted by Gasteiger charge is 2.35. The minimum atomic E-state index is -0.363. The monoisotopic (exact) mass is 307 g/mol. The van der Waals surface area contributed by atoms with Crippen LogP contribution >= 0.6 is 0 Å². The number of carbonyl (C=O) groups is 1. The van der Waals surface area contributed by atoms with E-state index in [0.29, 0.717) is 26.1 Å². The highest BCUT2D eigenvalue weighted by Crippen LogP contribution is 2.23. The standard InChI is InChI=1S/C17H25NO4/c1-17(2)12-18(10-14(22-17)11-20-3)16(19)9-13-7-5-6-8-15(13)21-4/h5-8,14H,9-12H2,1-4H3/t14-/m0/s1. The average molecular weight is 307 g/mol. The molecule has 5 nitrogen and oxygen atoms in total. The molecule has 2 rings (SSSR count). The summed E-state index contributed by atoms with van der Waals surface area (Å²) in [4.78, 5) is 14.5. The highest BCUT2D eigenvalue weighted by molar-refractivity contribution is 5.79. The fourth-order valence-electron chi connectivity index (χ4n) is 2.88. The van der Waals surface area contributed by atoms with Crippen molar-refractivity contribution < 1.29 is 19.0 Å². The van der Waals surface area contributed by atoms with Crippen molar-refractivity contribution in [1.82, 2.24) is 4.90 Å². The molecule has 1 fully saturated rings. The first-order chi connectivity index (χ1) is 10.4. The van der Waals surface area contributed by atoms with E-state index in [-0.39, 0.29) is 17.6 Å². The van der Waals surface area contributed by atoms with Gasteiger partial charge in [0, 0.05) is 25.8 Å². The molecule has 0 aliphatic carbocycles. The summed E-state index contributed by atoms with van der Waals surface area (Å²) in [5.74, 6) is 0.832. The molecule has 0 aromatic heterocycles. The van der Waals surface area contributed by atoms with Crippen molar-refractivity contribution in [1.29, 1.82) is 0 Å². The lowest BCUT2D eigenvalue weighted by Crippen LogP contribution is -2.56. The summed E-state index contributed by atoms with van der Waals surface area (Å²) in [7, 11) is 3.27. The number of nitrogens with zero attached hydrogens (tertiary/aromatic N) is 1. The predicted octanol–water partition coefficient (Wildman–Crippen LogP) is 1.89. The molecule has 1 atom stereocenters. The molecule has 1 amide bonds. The highest BCUT2D eigenvalue weighted by atomic mass is 16.5. The molecule has 0 spiro atoms. The third kappa shape index (κ3) is 4.21. The van der Waals surface area contributed by atoms with Crippen molar-refractivity contribution in [2.45, 2.75) is 32.0 Å². The second-order valence-corrected chi connectivity index (χ2v) is 6.22. The van der Waals surface area contributed by atoms with Crippen molar-refractivity contribution >= 4 is 5.91 Å². The Morgan fingerprint density at radius 2 is 2.09 bits per heavy atom. The van der Waals surface area contributed by atoms with Gasteiger partial charge in [-0.15, -0.1) is 0 Å². The number of rotatable bonds is 5. The number of amides is 1. The number of hydrogen-bond acceptors (Lipinski definition) is 4. The topological polar surface area (TPSA) is 48.0 Å². The fourth-order valence-corrected chi connectivity index (χ4v) is 2.88. The van der Waals surface area contributed by atoms with Gasteiger partial charge < -0.3 is 19.1 Å². The third-order valence-electron chi connectivity index (χ3n) is 3.72. The first-order valence-electron chi connectivity index (χ1n) is 7.51. The predicted molar refractivity (Wildman–Crippen MR) is 84.1 cm³/mol. The molecule has 1 aromatic carbocycles. The Morgan fingerprint density at radius 1 is 1.36 bits per heavy atom.